The van der Waals surface area contributed by atoms with Crippen molar-refractivity contribution >= 4 is 33.1 Å². The standard InChI is InChI=1S/C20H38O5.2C4H9.Sn/c1-3-5-7-9-11-13-15-24-19(22)17-18(21)20(23)25-16-14-12-10-8-6-4-2;2*1-4(2)3;/h18,21H,3-17H2,1-2H3;2*1-3H3;. The van der Waals surface area contributed by atoms with Gasteiger partial charge in [0.2, 0.25) is 0 Å². The summed E-state index contributed by atoms with van der Waals surface area (Å²) in [5.74, 6) is -1.28. The number of esters is 2. The number of aliphatic hydroxyl groups excluding tert-OH is 1. The van der Waals surface area contributed by atoms with Crippen molar-refractivity contribution in [2.24, 2.45) is 0 Å². The quantitative estimate of drug-likeness (QED) is 0.107. The van der Waals surface area contributed by atoms with Gasteiger partial charge in [0.1, 0.15) is 0 Å². The van der Waals surface area contributed by atoms with E-state index in [1.54, 1.807) is 0 Å². The molecule has 0 saturated heterocycles. The van der Waals surface area contributed by atoms with Crippen LogP contribution in [0.25, 0.3) is 0 Å². The Hall–Kier alpha value is -0.301. The van der Waals surface area contributed by atoms with Gasteiger partial charge in [-0.3, -0.25) is 4.79 Å². The Bertz CT molecular complexity index is 482. The molecule has 0 aliphatic heterocycles. The van der Waals surface area contributed by atoms with Gasteiger partial charge in [-0.15, -0.1) is 0 Å². The van der Waals surface area contributed by atoms with Gasteiger partial charge < -0.3 is 14.6 Å². The van der Waals surface area contributed by atoms with Crippen LogP contribution >= 0.6 is 0 Å². The van der Waals surface area contributed by atoms with E-state index in [4.69, 9.17) is 9.47 Å². The molecule has 0 bridgehead atoms. The molecule has 0 aliphatic carbocycles. The molecule has 0 rings (SSSR count). The molecule has 0 amide bonds. The Morgan fingerprint density at radius 2 is 1.06 bits per heavy atom. The fourth-order valence-corrected chi connectivity index (χ4v) is 10.1. The summed E-state index contributed by atoms with van der Waals surface area (Å²) in [6.07, 6.45) is 11.5. The van der Waals surface area contributed by atoms with E-state index in [-0.39, 0.29) is 27.6 Å². The van der Waals surface area contributed by atoms with Crippen molar-refractivity contribution in [3.05, 3.63) is 0 Å². The van der Waals surface area contributed by atoms with E-state index in [0.717, 1.165) is 38.5 Å². The molecule has 0 heterocycles. The van der Waals surface area contributed by atoms with Crippen LogP contribution < -0.4 is 0 Å². The first-order valence-electron chi connectivity index (χ1n) is 13.6. The molecule has 0 aromatic carbocycles. The van der Waals surface area contributed by atoms with E-state index >= 15 is 0 Å². The fourth-order valence-electron chi connectivity index (χ4n) is 3.64. The van der Waals surface area contributed by atoms with Gasteiger partial charge in [-0.1, -0.05) is 78.1 Å². The van der Waals surface area contributed by atoms with Crippen LogP contribution in [0, 0.1) is 0 Å². The van der Waals surface area contributed by atoms with Gasteiger partial charge in [0.25, 0.3) is 0 Å². The Labute approximate surface area is 221 Å². The van der Waals surface area contributed by atoms with Crippen LogP contribution in [0.15, 0.2) is 0 Å². The fraction of sp³-hybridized carbons (Fsp3) is 0.929. The molecule has 5 nitrogen and oxygen atoms in total. The second-order valence-electron chi connectivity index (χ2n) is 11.3. The molecular formula is C28H56O5Sn. The molecule has 1 N–H and O–H groups in total. The monoisotopic (exact) mass is 592 g/mol. The molecule has 0 aromatic heterocycles. The predicted octanol–water partition coefficient (Wildman–Crippen LogP) is 7.67. The van der Waals surface area contributed by atoms with Gasteiger partial charge in [-0.05, 0) is 12.8 Å². The Morgan fingerprint density at radius 1 is 0.676 bits per heavy atom. The van der Waals surface area contributed by atoms with Crippen LogP contribution in [0.5, 0.6) is 0 Å². The van der Waals surface area contributed by atoms with Gasteiger partial charge in [0.05, 0.1) is 19.6 Å². The summed E-state index contributed by atoms with van der Waals surface area (Å²) in [7, 11) is 0. The van der Waals surface area contributed by atoms with E-state index in [1.165, 1.54) is 38.5 Å². The zero-order valence-electron chi connectivity index (χ0n) is 23.8. The molecule has 6 heteroatoms. The number of carbonyl (C=O) groups is 2. The van der Waals surface area contributed by atoms with Crippen molar-refractivity contribution < 1.29 is 24.2 Å². The summed E-state index contributed by atoms with van der Waals surface area (Å²) in [5, 5.41) is 9.69. The number of ether oxygens (including phenoxy) is 2. The second-order valence-corrected chi connectivity index (χ2v) is 20.5. The van der Waals surface area contributed by atoms with E-state index in [9.17, 15) is 14.7 Å². The molecule has 1 atom stereocenters. The number of rotatable bonds is 17. The SMILES string of the molecule is CCCCCCCCOC(=O)CC(O)C(=O)OCCCCCCCC.C[C](C)(C)[Sn][C](C)(C)C. The minimum absolute atomic E-state index is 0.182. The van der Waals surface area contributed by atoms with Crippen LogP contribution in [0.3, 0.4) is 0 Å². The summed E-state index contributed by atoms with van der Waals surface area (Å²) in [5.41, 5.74) is 0. The van der Waals surface area contributed by atoms with Gasteiger partial charge in [-0.2, -0.15) is 0 Å². The first-order chi connectivity index (χ1) is 15.8. The van der Waals surface area contributed by atoms with E-state index in [2.05, 4.69) is 55.4 Å². The molecule has 0 aromatic rings. The third kappa shape index (κ3) is 29.7. The number of carbonyl (C=O) groups excluding carboxylic acids is 2. The van der Waals surface area contributed by atoms with Crippen molar-refractivity contribution in [3.63, 3.8) is 0 Å². The number of hydrogen-bond donors (Lipinski definition) is 1. The van der Waals surface area contributed by atoms with Gasteiger partial charge in [0, 0.05) is 0 Å². The van der Waals surface area contributed by atoms with Crippen LogP contribution in [0.1, 0.15) is 139 Å². The van der Waals surface area contributed by atoms with Crippen molar-refractivity contribution in [2.45, 2.75) is 152 Å². The number of aliphatic hydroxyl groups is 1. The normalized spacial score (nSPS) is 12.5. The Kier molecular flexibility index (Phi) is 23.1. The molecule has 0 saturated carbocycles. The first kappa shape index (κ1) is 35.9. The van der Waals surface area contributed by atoms with Gasteiger partial charge in [-0.25, -0.2) is 4.79 Å². The average Bonchev–Trinajstić information content (AvgIpc) is 2.70. The van der Waals surface area contributed by atoms with E-state index in [0.29, 0.717) is 20.1 Å². The van der Waals surface area contributed by atoms with Gasteiger partial charge in [0.15, 0.2) is 6.10 Å². The molecule has 202 valence electrons. The van der Waals surface area contributed by atoms with Crippen LogP contribution in [-0.4, -0.2) is 57.5 Å². The average molecular weight is 591 g/mol. The minimum atomic E-state index is -1.42. The molecular weight excluding hydrogens is 535 g/mol. The summed E-state index contributed by atoms with van der Waals surface area (Å²) in [6, 6.07) is 0. The number of hydrogen-bond acceptors (Lipinski definition) is 5. The van der Waals surface area contributed by atoms with Crippen molar-refractivity contribution in [1.82, 2.24) is 0 Å². The maximum absolute atomic E-state index is 11.6. The topological polar surface area (TPSA) is 72.8 Å². The summed E-state index contributed by atoms with van der Waals surface area (Å²) in [6.45, 7) is 19.2. The third-order valence-corrected chi connectivity index (χ3v) is 9.17. The molecule has 1 unspecified atom stereocenters. The van der Waals surface area contributed by atoms with E-state index < -0.39 is 18.0 Å². The van der Waals surface area contributed by atoms with Crippen LogP contribution in [0.2, 0.25) is 6.86 Å². The molecule has 2 radical (unpaired) electrons. The predicted molar refractivity (Wildman–Crippen MR) is 144 cm³/mol. The van der Waals surface area contributed by atoms with Crippen molar-refractivity contribution in [3.8, 4) is 0 Å². The van der Waals surface area contributed by atoms with Gasteiger partial charge >= 0.3 is 81.5 Å². The molecule has 34 heavy (non-hydrogen) atoms. The zero-order chi connectivity index (χ0) is 26.5. The Morgan fingerprint density at radius 3 is 1.44 bits per heavy atom. The maximum atomic E-state index is 11.6. The Balaban J connectivity index is 0. The zero-order valence-corrected chi connectivity index (χ0v) is 26.6. The third-order valence-electron chi connectivity index (χ3n) is 4.89. The number of unbranched alkanes of at least 4 members (excludes halogenated alkanes) is 10. The summed E-state index contributed by atoms with van der Waals surface area (Å²) >= 11 is -0.182. The molecule has 0 spiro atoms. The van der Waals surface area contributed by atoms with Crippen molar-refractivity contribution in [1.29, 1.82) is 0 Å². The first-order valence-corrected chi connectivity index (χ1v) is 16.5. The molecule has 0 aliphatic rings. The van der Waals surface area contributed by atoms with Crippen LogP contribution in [-0.2, 0) is 19.1 Å². The van der Waals surface area contributed by atoms with Crippen LogP contribution in [0.4, 0.5) is 0 Å². The molecule has 0 fully saturated rings. The van der Waals surface area contributed by atoms with Crippen molar-refractivity contribution in [2.75, 3.05) is 13.2 Å². The summed E-state index contributed by atoms with van der Waals surface area (Å²) in [4.78, 5) is 23.2. The van der Waals surface area contributed by atoms with E-state index in [1.807, 2.05) is 0 Å². The second kappa shape index (κ2) is 21.9. The summed E-state index contributed by atoms with van der Waals surface area (Å²) < 4.78 is 11.3.